The van der Waals surface area contributed by atoms with Gasteiger partial charge >= 0.3 is 0 Å². The molecule has 1 aromatic heterocycles. The molecule has 0 aliphatic rings. The summed E-state index contributed by atoms with van der Waals surface area (Å²) in [6.45, 7) is 0.888. The molecule has 1 amide bonds. The van der Waals surface area contributed by atoms with Gasteiger partial charge < -0.3 is 15.5 Å². The molecule has 2 rings (SSSR count). The summed E-state index contributed by atoms with van der Waals surface area (Å²) in [5, 5.41) is 8.60. The number of likely N-dealkylation sites (N-methyl/N-ethyl adjacent to an activating group) is 1. The molecule has 0 atom stereocenters. The molecular weight excluding hydrogens is 326 g/mol. The van der Waals surface area contributed by atoms with Crippen LogP contribution in [0, 0.1) is 0 Å². The van der Waals surface area contributed by atoms with E-state index in [0.29, 0.717) is 23.3 Å². The van der Waals surface area contributed by atoms with Crippen molar-refractivity contribution < 1.29 is 9.53 Å². The van der Waals surface area contributed by atoms with Gasteiger partial charge in [-0.1, -0.05) is 23.4 Å². The Hall–Kier alpha value is -1.93. The number of ether oxygens (including phenoxy) is 1. The molecule has 0 spiro atoms. The Bertz CT molecular complexity index is 619. The standard InChI is InChI=1S/C13H16ClN5O2S/c1-18(6-7-21-11-4-2-10(14)3-5-11)12(20)8-22-13-17-16-9-19(13)15/h2-5,9H,6-8,15H2,1H3. The summed E-state index contributed by atoms with van der Waals surface area (Å²) in [6, 6.07) is 7.08. The van der Waals surface area contributed by atoms with Crippen LogP contribution in [0.25, 0.3) is 0 Å². The van der Waals surface area contributed by atoms with Gasteiger partial charge in [0.25, 0.3) is 0 Å². The third-order valence-electron chi connectivity index (χ3n) is 2.80. The first-order valence-electron chi connectivity index (χ1n) is 6.46. The smallest absolute Gasteiger partial charge is 0.232 e. The number of halogens is 1. The first-order chi connectivity index (χ1) is 10.6. The maximum absolute atomic E-state index is 12.0. The van der Waals surface area contributed by atoms with Crippen LogP contribution in [-0.2, 0) is 4.79 Å². The molecule has 0 bridgehead atoms. The van der Waals surface area contributed by atoms with Crippen LogP contribution >= 0.6 is 23.4 Å². The molecule has 2 N–H and O–H groups in total. The average molecular weight is 342 g/mol. The molecule has 0 radical (unpaired) electrons. The van der Waals surface area contributed by atoms with Crippen LogP contribution in [0.5, 0.6) is 5.75 Å². The summed E-state index contributed by atoms with van der Waals surface area (Å²) in [5.41, 5.74) is 0. The van der Waals surface area contributed by atoms with Gasteiger partial charge in [-0.3, -0.25) is 4.79 Å². The minimum absolute atomic E-state index is 0.0345. The minimum atomic E-state index is -0.0345. The number of nitrogens with zero attached hydrogens (tertiary/aromatic N) is 4. The van der Waals surface area contributed by atoms with Crippen molar-refractivity contribution in [3.63, 3.8) is 0 Å². The molecule has 0 aliphatic carbocycles. The molecular formula is C13H16ClN5O2S. The summed E-state index contributed by atoms with van der Waals surface area (Å²) < 4.78 is 6.82. The van der Waals surface area contributed by atoms with Crippen LogP contribution < -0.4 is 10.6 Å². The molecule has 0 fully saturated rings. The van der Waals surface area contributed by atoms with E-state index in [0.717, 1.165) is 5.75 Å². The number of hydrogen-bond acceptors (Lipinski definition) is 6. The van der Waals surface area contributed by atoms with E-state index in [-0.39, 0.29) is 11.7 Å². The number of amides is 1. The number of aromatic nitrogens is 3. The maximum atomic E-state index is 12.0. The lowest BCUT2D eigenvalue weighted by Crippen LogP contribution is -2.32. The second-order valence-corrected chi connectivity index (χ2v) is 5.81. The zero-order valence-corrected chi connectivity index (χ0v) is 13.5. The Labute approximate surface area is 137 Å². The molecule has 0 aliphatic heterocycles. The Morgan fingerprint density at radius 2 is 2.18 bits per heavy atom. The van der Waals surface area contributed by atoms with E-state index < -0.39 is 0 Å². The number of carbonyl (C=O) groups excluding carboxylic acids is 1. The van der Waals surface area contributed by atoms with E-state index in [1.807, 2.05) is 0 Å². The van der Waals surface area contributed by atoms with Gasteiger partial charge in [0.05, 0.1) is 12.3 Å². The highest BCUT2D eigenvalue weighted by molar-refractivity contribution is 7.99. The minimum Gasteiger partial charge on any atom is -0.492 e. The van der Waals surface area contributed by atoms with Gasteiger partial charge in [-0.15, -0.1) is 10.2 Å². The Morgan fingerprint density at radius 1 is 1.45 bits per heavy atom. The van der Waals surface area contributed by atoms with Gasteiger partial charge in [0.1, 0.15) is 18.7 Å². The van der Waals surface area contributed by atoms with Gasteiger partial charge in [-0.05, 0) is 24.3 Å². The maximum Gasteiger partial charge on any atom is 0.232 e. The van der Waals surface area contributed by atoms with E-state index in [1.54, 1.807) is 36.2 Å². The van der Waals surface area contributed by atoms with Crippen LogP contribution in [0.1, 0.15) is 0 Å². The van der Waals surface area contributed by atoms with Crippen LogP contribution in [0.4, 0.5) is 0 Å². The Kier molecular flexibility index (Phi) is 5.91. The third-order valence-corrected chi connectivity index (χ3v) is 3.99. The van der Waals surface area contributed by atoms with Crippen molar-refractivity contribution in [1.82, 2.24) is 19.8 Å². The summed E-state index contributed by atoms with van der Waals surface area (Å²) in [5.74, 6) is 6.50. The fourth-order valence-electron chi connectivity index (χ4n) is 1.53. The monoisotopic (exact) mass is 341 g/mol. The molecule has 118 valence electrons. The van der Waals surface area contributed by atoms with Crippen molar-refractivity contribution >= 4 is 29.3 Å². The van der Waals surface area contributed by atoms with Gasteiger partial charge in [0.2, 0.25) is 11.1 Å². The van der Waals surface area contributed by atoms with E-state index in [2.05, 4.69) is 10.2 Å². The molecule has 2 aromatic rings. The van der Waals surface area contributed by atoms with Crippen LogP contribution in [0.2, 0.25) is 5.02 Å². The summed E-state index contributed by atoms with van der Waals surface area (Å²) >= 11 is 7.03. The number of carbonyl (C=O) groups is 1. The molecule has 9 heteroatoms. The molecule has 1 aromatic carbocycles. The predicted octanol–water partition coefficient (Wildman–Crippen LogP) is 1.27. The Morgan fingerprint density at radius 3 is 2.82 bits per heavy atom. The highest BCUT2D eigenvalue weighted by Crippen LogP contribution is 2.15. The van der Waals surface area contributed by atoms with Crippen molar-refractivity contribution in [1.29, 1.82) is 0 Å². The average Bonchev–Trinajstić information content (AvgIpc) is 2.92. The number of hydrogen-bond donors (Lipinski definition) is 1. The quantitative estimate of drug-likeness (QED) is 0.603. The molecule has 22 heavy (non-hydrogen) atoms. The first-order valence-corrected chi connectivity index (χ1v) is 7.83. The summed E-state index contributed by atoms with van der Waals surface area (Å²) in [4.78, 5) is 13.6. The highest BCUT2D eigenvalue weighted by Gasteiger charge is 2.11. The van der Waals surface area contributed by atoms with E-state index in [4.69, 9.17) is 22.2 Å². The van der Waals surface area contributed by atoms with Crippen molar-refractivity contribution in [2.45, 2.75) is 5.16 Å². The fraction of sp³-hybridized carbons (Fsp3) is 0.308. The van der Waals surface area contributed by atoms with Crippen LogP contribution in [0.15, 0.2) is 35.7 Å². The first kappa shape index (κ1) is 16.4. The molecule has 1 heterocycles. The second-order valence-electron chi connectivity index (χ2n) is 4.43. The van der Waals surface area contributed by atoms with Crippen molar-refractivity contribution in [2.24, 2.45) is 0 Å². The van der Waals surface area contributed by atoms with Gasteiger partial charge in [-0.2, -0.15) is 0 Å². The van der Waals surface area contributed by atoms with Crippen LogP contribution in [-0.4, -0.2) is 51.6 Å². The number of thioether (sulfide) groups is 1. The normalized spacial score (nSPS) is 10.5. The van der Waals surface area contributed by atoms with Crippen molar-refractivity contribution in [2.75, 3.05) is 31.8 Å². The van der Waals surface area contributed by atoms with E-state index >= 15 is 0 Å². The summed E-state index contributed by atoms with van der Waals surface area (Å²) in [6.07, 6.45) is 1.39. The lowest BCUT2D eigenvalue weighted by atomic mass is 10.3. The fourth-order valence-corrected chi connectivity index (χ4v) is 2.43. The second kappa shape index (κ2) is 7.90. The molecule has 7 nitrogen and oxygen atoms in total. The predicted molar refractivity (Wildman–Crippen MR) is 85.5 cm³/mol. The number of benzene rings is 1. The number of rotatable bonds is 7. The van der Waals surface area contributed by atoms with Crippen molar-refractivity contribution in [3.05, 3.63) is 35.6 Å². The third kappa shape index (κ3) is 4.81. The largest absolute Gasteiger partial charge is 0.492 e. The SMILES string of the molecule is CN(CCOc1ccc(Cl)cc1)C(=O)CSc1nncn1N. The molecule has 0 saturated carbocycles. The molecule has 0 saturated heterocycles. The van der Waals surface area contributed by atoms with Gasteiger partial charge in [0.15, 0.2) is 0 Å². The van der Waals surface area contributed by atoms with E-state index in [1.165, 1.54) is 22.8 Å². The zero-order valence-electron chi connectivity index (χ0n) is 12.0. The van der Waals surface area contributed by atoms with E-state index in [9.17, 15) is 4.79 Å². The molecule has 0 unspecified atom stereocenters. The number of nitrogens with two attached hydrogens (primary N) is 1. The van der Waals surface area contributed by atoms with Crippen molar-refractivity contribution in [3.8, 4) is 5.75 Å². The zero-order chi connectivity index (χ0) is 15.9. The highest BCUT2D eigenvalue weighted by atomic mass is 35.5. The Balaban J connectivity index is 1.70. The number of nitrogen functional groups attached to an aromatic ring is 1. The van der Waals surface area contributed by atoms with Gasteiger partial charge in [0, 0.05) is 12.1 Å². The lowest BCUT2D eigenvalue weighted by Gasteiger charge is -2.17. The van der Waals surface area contributed by atoms with Crippen LogP contribution in [0.3, 0.4) is 0 Å². The summed E-state index contributed by atoms with van der Waals surface area (Å²) in [7, 11) is 1.72. The lowest BCUT2D eigenvalue weighted by molar-refractivity contribution is -0.127. The topological polar surface area (TPSA) is 86.3 Å². The van der Waals surface area contributed by atoms with Gasteiger partial charge in [-0.25, -0.2) is 4.68 Å².